The van der Waals surface area contributed by atoms with Crippen molar-refractivity contribution in [3.63, 3.8) is 0 Å². The SMILES string of the molecule is CC(CC(=O)O)C1CCCN(C(=O)C2(C)CCCS2)C1. The summed E-state index contributed by atoms with van der Waals surface area (Å²) in [5.41, 5.74) is 0. The highest BCUT2D eigenvalue weighted by Gasteiger charge is 2.41. The highest BCUT2D eigenvalue weighted by molar-refractivity contribution is 8.01. The van der Waals surface area contributed by atoms with Crippen molar-refractivity contribution in [3.8, 4) is 0 Å². The third-order valence-electron chi connectivity index (χ3n) is 4.72. The Balaban J connectivity index is 1.96. The predicted octanol–water partition coefficient (Wildman–Crippen LogP) is 2.62. The molecule has 0 radical (unpaired) electrons. The van der Waals surface area contributed by atoms with Crippen molar-refractivity contribution in [2.75, 3.05) is 18.8 Å². The Morgan fingerprint density at radius 3 is 2.80 bits per heavy atom. The third-order valence-corrected chi connectivity index (χ3v) is 6.23. The number of piperidine rings is 1. The van der Waals surface area contributed by atoms with E-state index >= 15 is 0 Å². The van der Waals surface area contributed by atoms with Crippen molar-refractivity contribution in [1.82, 2.24) is 4.90 Å². The lowest BCUT2D eigenvalue weighted by molar-refractivity contribution is -0.139. The van der Waals surface area contributed by atoms with Crippen LogP contribution in [0.3, 0.4) is 0 Å². The van der Waals surface area contributed by atoms with E-state index in [4.69, 9.17) is 5.11 Å². The Morgan fingerprint density at radius 2 is 2.20 bits per heavy atom. The van der Waals surface area contributed by atoms with Crippen molar-refractivity contribution in [3.05, 3.63) is 0 Å². The van der Waals surface area contributed by atoms with Gasteiger partial charge in [0.2, 0.25) is 5.91 Å². The van der Waals surface area contributed by atoms with Crippen LogP contribution in [0.25, 0.3) is 0 Å². The second-order valence-electron chi connectivity index (χ2n) is 6.41. The standard InChI is InChI=1S/C15H25NO3S/c1-11(9-13(17)18)12-5-3-7-16(10-12)14(19)15(2)6-4-8-20-15/h11-12H,3-10H2,1-2H3,(H,17,18). The molecular weight excluding hydrogens is 274 g/mol. The maximum absolute atomic E-state index is 12.7. The molecule has 3 atom stereocenters. The molecule has 2 fully saturated rings. The van der Waals surface area contributed by atoms with Crippen LogP contribution < -0.4 is 0 Å². The van der Waals surface area contributed by atoms with E-state index in [2.05, 4.69) is 6.92 Å². The molecule has 2 saturated heterocycles. The highest BCUT2D eigenvalue weighted by atomic mass is 32.2. The molecule has 0 aromatic heterocycles. The number of carboxylic acid groups (broad SMARTS) is 1. The van der Waals surface area contributed by atoms with Crippen LogP contribution in [0.2, 0.25) is 0 Å². The Morgan fingerprint density at radius 1 is 1.45 bits per heavy atom. The van der Waals surface area contributed by atoms with Gasteiger partial charge in [-0.05, 0) is 50.2 Å². The number of carbonyl (C=O) groups is 2. The number of amides is 1. The summed E-state index contributed by atoms with van der Waals surface area (Å²) < 4.78 is -0.238. The molecular formula is C15H25NO3S. The molecule has 5 heteroatoms. The molecule has 114 valence electrons. The molecule has 0 saturated carbocycles. The Hall–Kier alpha value is -0.710. The van der Waals surface area contributed by atoms with Crippen LogP contribution in [0.5, 0.6) is 0 Å². The van der Waals surface area contributed by atoms with E-state index in [9.17, 15) is 9.59 Å². The zero-order chi connectivity index (χ0) is 14.8. The predicted molar refractivity (Wildman–Crippen MR) is 80.8 cm³/mol. The summed E-state index contributed by atoms with van der Waals surface area (Å²) in [4.78, 5) is 25.5. The van der Waals surface area contributed by atoms with Gasteiger partial charge in [-0.1, -0.05) is 6.92 Å². The number of hydrogen-bond donors (Lipinski definition) is 1. The van der Waals surface area contributed by atoms with Crippen molar-refractivity contribution >= 4 is 23.6 Å². The second kappa shape index (κ2) is 6.37. The van der Waals surface area contributed by atoms with Crippen molar-refractivity contribution in [1.29, 1.82) is 0 Å². The average molecular weight is 299 g/mol. The van der Waals surface area contributed by atoms with Gasteiger partial charge in [0.15, 0.2) is 0 Å². The first-order chi connectivity index (χ1) is 9.42. The van der Waals surface area contributed by atoms with Crippen molar-refractivity contribution in [2.45, 2.75) is 50.7 Å². The fourth-order valence-electron chi connectivity index (χ4n) is 3.38. The van der Waals surface area contributed by atoms with Crippen LogP contribution in [-0.2, 0) is 9.59 Å². The lowest BCUT2D eigenvalue weighted by atomic mass is 9.84. The number of aliphatic carboxylic acids is 1. The minimum atomic E-state index is -0.737. The molecule has 2 heterocycles. The first-order valence-electron chi connectivity index (χ1n) is 7.57. The average Bonchev–Trinajstić information content (AvgIpc) is 2.85. The molecule has 0 aliphatic carbocycles. The van der Waals surface area contributed by atoms with Gasteiger partial charge in [-0.3, -0.25) is 9.59 Å². The van der Waals surface area contributed by atoms with Gasteiger partial charge in [-0.15, -0.1) is 11.8 Å². The minimum absolute atomic E-state index is 0.145. The summed E-state index contributed by atoms with van der Waals surface area (Å²) in [7, 11) is 0. The first kappa shape index (κ1) is 15.7. The maximum atomic E-state index is 12.7. The van der Waals surface area contributed by atoms with Gasteiger partial charge >= 0.3 is 5.97 Å². The zero-order valence-electron chi connectivity index (χ0n) is 12.4. The van der Waals surface area contributed by atoms with E-state index in [1.165, 1.54) is 0 Å². The molecule has 3 unspecified atom stereocenters. The van der Waals surface area contributed by atoms with Gasteiger partial charge in [0, 0.05) is 19.5 Å². The minimum Gasteiger partial charge on any atom is -0.481 e. The van der Waals surface area contributed by atoms with Gasteiger partial charge in [-0.25, -0.2) is 0 Å². The van der Waals surface area contributed by atoms with Gasteiger partial charge < -0.3 is 10.0 Å². The molecule has 0 spiro atoms. The largest absolute Gasteiger partial charge is 0.481 e. The molecule has 2 rings (SSSR count). The number of rotatable bonds is 4. The topological polar surface area (TPSA) is 57.6 Å². The van der Waals surface area contributed by atoms with Gasteiger partial charge in [-0.2, -0.15) is 0 Å². The Labute approximate surface area is 125 Å². The van der Waals surface area contributed by atoms with Crippen molar-refractivity contribution in [2.24, 2.45) is 11.8 Å². The summed E-state index contributed by atoms with van der Waals surface area (Å²) in [6.45, 7) is 5.64. The molecule has 1 amide bonds. The number of carboxylic acids is 1. The van der Waals surface area contributed by atoms with E-state index in [-0.39, 0.29) is 23.0 Å². The van der Waals surface area contributed by atoms with Crippen LogP contribution in [0.15, 0.2) is 0 Å². The highest BCUT2D eigenvalue weighted by Crippen LogP contribution is 2.40. The second-order valence-corrected chi connectivity index (χ2v) is 8.01. The molecule has 0 aromatic carbocycles. The van der Waals surface area contributed by atoms with Gasteiger partial charge in [0.25, 0.3) is 0 Å². The molecule has 0 bridgehead atoms. The molecule has 2 aliphatic rings. The maximum Gasteiger partial charge on any atom is 0.303 e. The van der Waals surface area contributed by atoms with Crippen LogP contribution in [-0.4, -0.2) is 45.5 Å². The summed E-state index contributed by atoms with van der Waals surface area (Å²) in [6, 6.07) is 0. The van der Waals surface area contributed by atoms with Crippen LogP contribution >= 0.6 is 11.8 Å². The Kier molecular flexibility index (Phi) is 4.99. The number of hydrogen-bond acceptors (Lipinski definition) is 3. The molecule has 1 N–H and O–H groups in total. The van der Waals surface area contributed by atoms with Crippen LogP contribution in [0.4, 0.5) is 0 Å². The quantitative estimate of drug-likeness (QED) is 0.867. The summed E-state index contributed by atoms with van der Waals surface area (Å²) >= 11 is 1.78. The molecule has 4 nitrogen and oxygen atoms in total. The van der Waals surface area contributed by atoms with Crippen LogP contribution in [0, 0.1) is 11.8 Å². The summed E-state index contributed by atoms with van der Waals surface area (Å²) in [6.07, 6.45) is 4.35. The number of carbonyl (C=O) groups excluding carboxylic acids is 1. The lowest BCUT2D eigenvalue weighted by Gasteiger charge is -2.39. The van der Waals surface area contributed by atoms with Crippen molar-refractivity contribution < 1.29 is 14.7 Å². The number of thioether (sulfide) groups is 1. The summed E-state index contributed by atoms with van der Waals surface area (Å²) in [5.74, 6) is 1.09. The lowest BCUT2D eigenvalue weighted by Crippen LogP contribution is -2.49. The van der Waals surface area contributed by atoms with Gasteiger partial charge in [0.05, 0.1) is 4.75 Å². The monoisotopic (exact) mass is 299 g/mol. The summed E-state index contributed by atoms with van der Waals surface area (Å²) in [5, 5.41) is 8.92. The first-order valence-corrected chi connectivity index (χ1v) is 8.56. The fourth-order valence-corrected chi connectivity index (χ4v) is 4.66. The molecule has 0 aromatic rings. The normalized spacial score (nSPS) is 32.1. The fraction of sp³-hybridized carbons (Fsp3) is 0.867. The molecule has 2 aliphatic heterocycles. The Bertz CT molecular complexity index is 379. The van der Waals surface area contributed by atoms with E-state index in [0.29, 0.717) is 5.92 Å². The van der Waals surface area contributed by atoms with E-state index in [1.54, 1.807) is 11.8 Å². The van der Waals surface area contributed by atoms with E-state index < -0.39 is 5.97 Å². The third kappa shape index (κ3) is 3.48. The van der Waals surface area contributed by atoms with E-state index in [0.717, 1.165) is 44.5 Å². The smallest absolute Gasteiger partial charge is 0.303 e. The van der Waals surface area contributed by atoms with E-state index in [1.807, 2.05) is 11.8 Å². The number of likely N-dealkylation sites (tertiary alicyclic amines) is 1. The van der Waals surface area contributed by atoms with Gasteiger partial charge in [0.1, 0.15) is 0 Å². The zero-order valence-corrected chi connectivity index (χ0v) is 13.2. The number of nitrogens with zero attached hydrogens (tertiary/aromatic N) is 1. The molecule has 20 heavy (non-hydrogen) atoms. The van der Waals surface area contributed by atoms with Crippen LogP contribution in [0.1, 0.15) is 46.0 Å².